The number of aryl methyl sites for hydroxylation is 3. The lowest BCUT2D eigenvalue weighted by Crippen LogP contribution is -2.30. The van der Waals surface area contributed by atoms with E-state index in [0.717, 1.165) is 47.2 Å². The summed E-state index contributed by atoms with van der Waals surface area (Å²) in [5.41, 5.74) is 2.81. The fourth-order valence-electron chi connectivity index (χ4n) is 4.18. The molecule has 3 aromatic heterocycles. The molecule has 0 saturated heterocycles. The molecule has 1 aliphatic carbocycles. The first-order valence-electron chi connectivity index (χ1n) is 10.8. The van der Waals surface area contributed by atoms with Gasteiger partial charge in [-0.05, 0) is 44.2 Å². The second kappa shape index (κ2) is 9.12. The summed E-state index contributed by atoms with van der Waals surface area (Å²) >= 11 is 2.86. The number of methoxy groups -OCH3 is 1. The average Bonchev–Trinajstić information content (AvgIpc) is 3.39. The quantitative estimate of drug-likeness (QED) is 0.448. The number of thiophene rings is 1. The Balaban J connectivity index is 1.57. The Morgan fingerprint density at radius 1 is 1.21 bits per heavy atom. The van der Waals surface area contributed by atoms with Crippen LogP contribution in [0, 0.1) is 6.92 Å². The van der Waals surface area contributed by atoms with Crippen molar-refractivity contribution in [1.82, 2.24) is 19.7 Å². The Morgan fingerprint density at radius 3 is 2.88 bits per heavy atom. The third-order valence-electron chi connectivity index (χ3n) is 5.63. The third-order valence-corrected chi connectivity index (χ3v) is 7.63. The van der Waals surface area contributed by atoms with E-state index in [2.05, 4.69) is 15.5 Å². The van der Waals surface area contributed by atoms with Gasteiger partial charge >= 0.3 is 0 Å². The van der Waals surface area contributed by atoms with Gasteiger partial charge in [-0.2, -0.15) is 0 Å². The molecule has 0 spiro atoms. The molecule has 3 heterocycles. The maximum atomic E-state index is 13.7. The van der Waals surface area contributed by atoms with E-state index < -0.39 is 0 Å². The van der Waals surface area contributed by atoms with Crippen molar-refractivity contribution < 1.29 is 9.53 Å². The molecule has 0 radical (unpaired) electrons. The van der Waals surface area contributed by atoms with Crippen LogP contribution in [0.25, 0.3) is 21.6 Å². The highest BCUT2D eigenvalue weighted by atomic mass is 32.1. The smallest absolute Gasteiger partial charge is 0.263 e. The molecule has 1 aliphatic rings. The topological polar surface area (TPSA) is 99.0 Å². The van der Waals surface area contributed by atoms with Gasteiger partial charge in [0.05, 0.1) is 5.39 Å². The largest absolute Gasteiger partial charge is 0.377 e. The zero-order chi connectivity index (χ0) is 22.9. The number of anilines is 1. The van der Waals surface area contributed by atoms with Crippen LogP contribution in [-0.4, -0.2) is 32.8 Å². The van der Waals surface area contributed by atoms with Crippen LogP contribution in [0.2, 0.25) is 0 Å². The van der Waals surface area contributed by atoms with Gasteiger partial charge in [-0.15, -0.1) is 21.5 Å². The Labute approximate surface area is 198 Å². The molecule has 1 aromatic carbocycles. The Kier molecular flexibility index (Phi) is 6.05. The maximum absolute atomic E-state index is 13.7. The van der Waals surface area contributed by atoms with E-state index in [4.69, 9.17) is 9.72 Å². The van der Waals surface area contributed by atoms with Gasteiger partial charge in [0.25, 0.3) is 5.56 Å². The van der Waals surface area contributed by atoms with Crippen molar-refractivity contribution in [2.24, 2.45) is 0 Å². The summed E-state index contributed by atoms with van der Waals surface area (Å²) in [6.07, 6.45) is 4.07. The van der Waals surface area contributed by atoms with Crippen molar-refractivity contribution in [3.05, 3.63) is 55.6 Å². The highest BCUT2D eigenvalue weighted by Gasteiger charge is 2.23. The van der Waals surface area contributed by atoms with E-state index in [9.17, 15) is 9.59 Å². The summed E-state index contributed by atoms with van der Waals surface area (Å²) in [6, 6.07) is 7.83. The summed E-state index contributed by atoms with van der Waals surface area (Å²) < 4.78 is 6.54. The van der Waals surface area contributed by atoms with Crippen LogP contribution in [-0.2, 0) is 35.5 Å². The Morgan fingerprint density at radius 2 is 2.06 bits per heavy atom. The lowest BCUT2D eigenvalue weighted by Gasteiger charge is -2.14. The molecule has 0 saturated carbocycles. The van der Waals surface area contributed by atoms with Gasteiger partial charge in [0.15, 0.2) is 0 Å². The van der Waals surface area contributed by atoms with E-state index in [1.54, 1.807) is 18.4 Å². The lowest BCUT2D eigenvalue weighted by molar-refractivity contribution is -0.116. The van der Waals surface area contributed by atoms with Gasteiger partial charge in [-0.3, -0.25) is 19.5 Å². The van der Waals surface area contributed by atoms with Crippen LogP contribution >= 0.6 is 22.7 Å². The van der Waals surface area contributed by atoms with E-state index >= 15 is 0 Å². The fraction of sp³-hybridized carbons (Fsp3) is 0.348. The maximum Gasteiger partial charge on any atom is 0.263 e. The van der Waals surface area contributed by atoms with Crippen LogP contribution in [0.15, 0.2) is 29.1 Å². The standard InChI is InChI=1S/C23H23N5O3S2/c1-13-6-5-7-14(10-13)20-25-21-19(15-8-3-4-9-16(15)32-21)22(30)28(20)11-17(29)24-23-27-26-18(33-23)12-31-2/h5-7,10H,3-4,8-9,11-12H2,1-2H3,(H,24,27,29). The zero-order valence-electron chi connectivity index (χ0n) is 18.4. The van der Waals surface area contributed by atoms with E-state index in [-0.39, 0.29) is 18.0 Å². The first-order valence-corrected chi connectivity index (χ1v) is 12.4. The molecular weight excluding hydrogens is 458 g/mol. The number of ether oxygens (including phenoxy) is 1. The van der Waals surface area contributed by atoms with Crippen LogP contribution in [0.1, 0.15) is 33.9 Å². The van der Waals surface area contributed by atoms with Crippen molar-refractivity contribution >= 4 is 43.9 Å². The van der Waals surface area contributed by atoms with Crippen LogP contribution in [0.4, 0.5) is 5.13 Å². The normalized spacial score (nSPS) is 13.3. The van der Waals surface area contributed by atoms with Gasteiger partial charge < -0.3 is 4.74 Å². The van der Waals surface area contributed by atoms with Gasteiger partial charge in [0, 0.05) is 17.6 Å². The number of carbonyl (C=O) groups excluding carboxylic acids is 1. The molecule has 4 aromatic rings. The third kappa shape index (κ3) is 4.33. The number of hydrogen-bond acceptors (Lipinski definition) is 8. The van der Waals surface area contributed by atoms with Gasteiger partial charge in [-0.1, -0.05) is 35.1 Å². The molecule has 8 nitrogen and oxygen atoms in total. The Hall–Kier alpha value is -2.95. The van der Waals surface area contributed by atoms with E-state index in [1.165, 1.54) is 20.8 Å². The number of nitrogens with zero attached hydrogens (tertiary/aromatic N) is 4. The molecule has 170 valence electrons. The summed E-state index contributed by atoms with van der Waals surface area (Å²) in [4.78, 5) is 33.6. The van der Waals surface area contributed by atoms with Gasteiger partial charge in [0.2, 0.25) is 11.0 Å². The molecule has 1 N–H and O–H groups in total. The number of benzene rings is 1. The number of nitrogens with one attached hydrogen (secondary N) is 1. The molecule has 33 heavy (non-hydrogen) atoms. The van der Waals surface area contributed by atoms with Crippen molar-refractivity contribution in [2.75, 3.05) is 12.4 Å². The molecule has 0 atom stereocenters. The highest BCUT2D eigenvalue weighted by molar-refractivity contribution is 7.18. The minimum absolute atomic E-state index is 0.158. The summed E-state index contributed by atoms with van der Waals surface area (Å²) in [6.45, 7) is 2.16. The minimum atomic E-state index is -0.351. The number of fused-ring (bicyclic) bond motifs is 3. The van der Waals surface area contributed by atoms with Gasteiger partial charge in [-0.25, -0.2) is 4.98 Å². The summed E-state index contributed by atoms with van der Waals surface area (Å²) in [7, 11) is 1.57. The number of carbonyl (C=O) groups is 1. The van der Waals surface area contributed by atoms with Crippen molar-refractivity contribution in [2.45, 2.75) is 45.8 Å². The predicted octanol–water partition coefficient (Wildman–Crippen LogP) is 3.95. The first-order chi connectivity index (χ1) is 16.0. The SMILES string of the molecule is COCc1nnc(NC(=O)Cn2c(-c3cccc(C)c3)nc3sc4c(c3c2=O)CCCC4)s1. The predicted molar refractivity (Wildman–Crippen MR) is 130 cm³/mol. The monoisotopic (exact) mass is 481 g/mol. The molecule has 0 unspecified atom stereocenters. The Bertz CT molecular complexity index is 1410. The fourth-order valence-corrected chi connectivity index (χ4v) is 6.16. The van der Waals surface area contributed by atoms with Crippen molar-refractivity contribution in [1.29, 1.82) is 0 Å². The number of hydrogen-bond donors (Lipinski definition) is 1. The number of amides is 1. The number of rotatable bonds is 6. The molecular formula is C23H23N5O3S2. The molecule has 0 bridgehead atoms. The zero-order valence-corrected chi connectivity index (χ0v) is 20.0. The van der Waals surface area contributed by atoms with Crippen molar-refractivity contribution in [3.63, 3.8) is 0 Å². The lowest BCUT2D eigenvalue weighted by atomic mass is 9.97. The summed E-state index contributed by atoms with van der Waals surface area (Å²) in [5.74, 6) is 0.152. The summed E-state index contributed by atoms with van der Waals surface area (Å²) in [5, 5.41) is 12.4. The molecule has 0 fully saturated rings. The van der Waals surface area contributed by atoms with Crippen molar-refractivity contribution in [3.8, 4) is 11.4 Å². The molecule has 1 amide bonds. The molecule has 0 aliphatic heterocycles. The van der Waals surface area contributed by atoms with E-state index in [0.29, 0.717) is 28.0 Å². The second-order valence-electron chi connectivity index (χ2n) is 8.07. The van der Waals surface area contributed by atoms with Crippen LogP contribution in [0.5, 0.6) is 0 Å². The highest BCUT2D eigenvalue weighted by Crippen LogP contribution is 2.35. The molecule has 5 rings (SSSR count). The van der Waals surface area contributed by atoms with Crippen LogP contribution in [0.3, 0.4) is 0 Å². The number of aromatic nitrogens is 4. The first kappa shape index (κ1) is 21.9. The minimum Gasteiger partial charge on any atom is -0.377 e. The second-order valence-corrected chi connectivity index (χ2v) is 10.2. The van der Waals surface area contributed by atoms with E-state index in [1.807, 2.05) is 31.2 Å². The van der Waals surface area contributed by atoms with Crippen LogP contribution < -0.4 is 10.9 Å². The molecule has 10 heteroatoms. The average molecular weight is 482 g/mol. The van der Waals surface area contributed by atoms with Gasteiger partial charge in [0.1, 0.15) is 28.8 Å².